The minimum Gasteiger partial charge on any atom is -0.303 e. The van der Waals surface area contributed by atoms with E-state index in [0.717, 1.165) is 19.1 Å². The number of aldehydes is 1. The first-order valence-corrected chi connectivity index (χ1v) is 5.63. The number of hydrogen-bond donors (Lipinski definition) is 0. The van der Waals surface area contributed by atoms with E-state index in [-0.39, 0.29) is 0 Å². The van der Waals surface area contributed by atoms with Gasteiger partial charge in [0, 0.05) is 6.42 Å². The molecule has 0 aliphatic heterocycles. The predicted molar refractivity (Wildman–Crippen MR) is 62.3 cm³/mol. The average Bonchev–Trinajstić information content (AvgIpc) is 2.21. The smallest absolute Gasteiger partial charge is 0.119 e. The molecular weight excluding hydrogens is 172 g/mol. The maximum atomic E-state index is 10.0. The Kier molecular flexibility index (Phi) is 11.4. The number of hydrogen-bond acceptors (Lipinski definition) is 1. The van der Waals surface area contributed by atoms with Gasteiger partial charge in [0.2, 0.25) is 0 Å². The lowest BCUT2D eigenvalue weighted by atomic mass is 10.1. The van der Waals surface area contributed by atoms with Crippen LogP contribution in [0, 0.1) is 0 Å². The first-order valence-electron chi connectivity index (χ1n) is 5.63. The molecule has 0 amide bonds. The van der Waals surface area contributed by atoms with Crippen molar-refractivity contribution in [2.75, 3.05) is 0 Å². The fourth-order valence-electron chi connectivity index (χ4n) is 1.39. The molecule has 0 aromatic carbocycles. The summed E-state index contributed by atoms with van der Waals surface area (Å²) < 4.78 is 0. The zero-order valence-electron chi connectivity index (χ0n) is 9.08. The molecular formula is C13H22O. The first-order chi connectivity index (χ1) is 6.91. The van der Waals surface area contributed by atoms with Crippen LogP contribution in [0.15, 0.2) is 24.8 Å². The summed E-state index contributed by atoms with van der Waals surface area (Å²) in [6.45, 7) is 3.62. The third-order valence-corrected chi connectivity index (χ3v) is 2.21. The van der Waals surface area contributed by atoms with Crippen molar-refractivity contribution >= 4 is 6.29 Å². The fourth-order valence-corrected chi connectivity index (χ4v) is 1.39. The molecule has 0 aromatic rings. The highest BCUT2D eigenvalue weighted by atomic mass is 16.1. The molecule has 0 aromatic heterocycles. The van der Waals surface area contributed by atoms with Crippen molar-refractivity contribution in [3.8, 4) is 0 Å². The molecule has 0 fully saturated rings. The Morgan fingerprint density at radius 2 is 1.43 bits per heavy atom. The van der Waals surface area contributed by atoms with E-state index in [1.807, 2.05) is 12.2 Å². The van der Waals surface area contributed by atoms with Crippen LogP contribution in [0.2, 0.25) is 0 Å². The fraction of sp³-hybridized carbons (Fsp3) is 0.615. The quantitative estimate of drug-likeness (QED) is 0.291. The standard InChI is InChI=1S/C13H22O/c1-2-3-4-5-6-7-8-9-10-11-12-13-14/h2-4,13H,1,5-12H2/b4-3-. The van der Waals surface area contributed by atoms with E-state index < -0.39 is 0 Å². The van der Waals surface area contributed by atoms with Crippen molar-refractivity contribution < 1.29 is 4.79 Å². The van der Waals surface area contributed by atoms with Gasteiger partial charge in [-0.15, -0.1) is 0 Å². The third-order valence-electron chi connectivity index (χ3n) is 2.21. The molecule has 0 atom stereocenters. The lowest BCUT2D eigenvalue weighted by molar-refractivity contribution is -0.107. The molecule has 0 aliphatic rings. The minimum absolute atomic E-state index is 0.738. The van der Waals surface area contributed by atoms with E-state index in [4.69, 9.17) is 0 Å². The second-order valence-corrected chi connectivity index (χ2v) is 3.53. The van der Waals surface area contributed by atoms with Crippen LogP contribution in [-0.2, 0) is 4.79 Å². The molecule has 14 heavy (non-hydrogen) atoms. The van der Waals surface area contributed by atoms with Gasteiger partial charge in [0.05, 0.1) is 0 Å². The molecule has 0 aliphatic carbocycles. The molecule has 0 unspecified atom stereocenters. The van der Waals surface area contributed by atoms with Gasteiger partial charge < -0.3 is 4.79 Å². The van der Waals surface area contributed by atoms with E-state index in [9.17, 15) is 4.79 Å². The Morgan fingerprint density at radius 3 is 2.00 bits per heavy atom. The molecule has 1 nitrogen and oxygen atoms in total. The molecule has 80 valence electrons. The van der Waals surface area contributed by atoms with Crippen LogP contribution in [0.25, 0.3) is 0 Å². The molecule has 0 saturated carbocycles. The predicted octanol–water partition coefficient (Wildman–Crippen LogP) is 4.05. The monoisotopic (exact) mass is 194 g/mol. The van der Waals surface area contributed by atoms with Crippen molar-refractivity contribution in [2.24, 2.45) is 0 Å². The van der Waals surface area contributed by atoms with Crippen LogP contribution < -0.4 is 0 Å². The number of rotatable bonds is 10. The van der Waals surface area contributed by atoms with Crippen LogP contribution in [0.1, 0.15) is 51.4 Å². The molecule has 0 radical (unpaired) electrons. The van der Waals surface area contributed by atoms with E-state index in [0.29, 0.717) is 0 Å². The first kappa shape index (κ1) is 13.2. The third kappa shape index (κ3) is 11.2. The molecule has 0 heterocycles. The summed E-state index contributed by atoms with van der Waals surface area (Å²) in [6.07, 6.45) is 16.4. The number of unbranched alkanes of at least 4 members (excludes halogenated alkanes) is 7. The highest BCUT2D eigenvalue weighted by Gasteiger charge is 1.89. The molecule has 0 rings (SSSR count). The highest BCUT2D eigenvalue weighted by Crippen LogP contribution is 2.08. The van der Waals surface area contributed by atoms with Gasteiger partial charge in [0.15, 0.2) is 0 Å². The van der Waals surface area contributed by atoms with Gasteiger partial charge in [-0.25, -0.2) is 0 Å². The SMILES string of the molecule is C=C/C=C\CCCCCCCCC=O. The normalized spacial score (nSPS) is 10.6. The summed E-state index contributed by atoms with van der Waals surface area (Å²) in [7, 11) is 0. The van der Waals surface area contributed by atoms with Crippen LogP contribution in [0.5, 0.6) is 0 Å². The number of allylic oxidation sites excluding steroid dienone is 3. The van der Waals surface area contributed by atoms with Gasteiger partial charge in [0.1, 0.15) is 6.29 Å². The largest absolute Gasteiger partial charge is 0.303 e. The van der Waals surface area contributed by atoms with Gasteiger partial charge in [-0.05, 0) is 19.3 Å². The lowest BCUT2D eigenvalue weighted by Gasteiger charge is -1.98. The maximum absolute atomic E-state index is 10.0. The van der Waals surface area contributed by atoms with Crippen molar-refractivity contribution in [3.05, 3.63) is 24.8 Å². The summed E-state index contributed by atoms with van der Waals surface area (Å²) in [4.78, 5) is 10.0. The zero-order chi connectivity index (χ0) is 10.5. The van der Waals surface area contributed by atoms with Crippen molar-refractivity contribution in [3.63, 3.8) is 0 Å². The van der Waals surface area contributed by atoms with E-state index in [1.165, 1.54) is 38.5 Å². The summed E-state index contributed by atoms with van der Waals surface area (Å²) in [5.41, 5.74) is 0. The Bertz CT molecular complexity index is 159. The van der Waals surface area contributed by atoms with Crippen molar-refractivity contribution in [1.29, 1.82) is 0 Å². The van der Waals surface area contributed by atoms with E-state index in [2.05, 4.69) is 12.7 Å². The molecule has 0 N–H and O–H groups in total. The molecule has 0 spiro atoms. The number of carbonyl (C=O) groups is 1. The summed E-state index contributed by atoms with van der Waals surface area (Å²) in [6, 6.07) is 0. The Labute approximate surface area is 87.9 Å². The molecule has 0 saturated heterocycles. The second kappa shape index (κ2) is 12.2. The molecule has 0 bridgehead atoms. The number of carbonyl (C=O) groups excluding carboxylic acids is 1. The Balaban J connectivity index is 2.95. The maximum Gasteiger partial charge on any atom is 0.119 e. The van der Waals surface area contributed by atoms with Gasteiger partial charge in [-0.2, -0.15) is 0 Å². The van der Waals surface area contributed by atoms with Gasteiger partial charge >= 0.3 is 0 Å². The van der Waals surface area contributed by atoms with Crippen molar-refractivity contribution in [1.82, 2.24) is 0 Å². The van der Waals surface area contributed by atoms with Crippen LogP contribution in [-0.4, -0.2) is 6.29 Å². The summed E-state index contributed by atoms with van der Waals surface area (Å²) in [5.74, 6) is 0. The summed E-state index contributed by atoms with van der Waals surface area (Å²) in [5, 5.41) is 0. The minimum atomic E-state index is 0.738. The van der Waals surface area contributed by atoms with Crippen LogP contribution in [0.4, 0.5) is 0 Å². The Hall–Kier alpha value is -0.850. The van der Waals surface area contributed by atoms with E-state index in [1.54, 1.807) is 0 Å². The zero-order valence-corrected chi connectivity index (χ0v) is 9.08. The van der Waals surface area contributed by atoms with Crippen molar-refractivity contribution in [2.45, 2.75) is 51.4 Å². The topological polar surface area (TPSA) is 17.1 Å². The van der Waals surface area contributed by atoms with Gasteiger partial charge in [-0.3, -0.25) is 0 Å². The highest BCUT2D eigenvalue weighted by molar-refractivity contribution is 5.48. The van der Waals surface area contributed by atoms with Crippen LogP contribution >= 0.6 is 0 Å². The Morgan fingerprint density at radius 1 is 0.857 bits per heavy atom. The second-order valence-electron chi connectivity index (χ2n) is 3.53. The van der Waals surface area contributed by atoms with E-state index >= 15 is 0 Å². The van der Waals surface area contributed by atoms with Gasteiger partial charge in [0.25, 0.3) is 0 Å². The summed E-state index contributed by atoms with van der Waals surface area (Å²) >= 11 is 0. The molecule has 1 heteroatoms. The lowest BCUT2D eigenvalue weighted by Crippen LogP contribution is -1.80. The average molecular weight is 194 g/mol. The van der Waals surface area contributed by atoms with Gasteiger partial charge in [-0.1, -0.05) is 50.5 Å². The van der Waals surface area contributed by atoms with Crippen LogP contribution in [0.3, 0.4) is 0 Å².